The summed E-state index contributed by atoms with van der Waals surface area (Å²) >= 11 is 0. The fourth-order valence-corrected chi connectivity index (χ4v) is 7.13. The first-order valence-corrected chi connectivity index (χ1v) is 13.6. The van der Waals surface area contributed by atoms with Gasteiger partial charge in [0.25, 0.3) is 5.56 Å². The van der Waals surface area contributed by atoms with E-state index in [0.717, 1.165) is 49.4 Å². The molecule has 190 valence electrons. The molecule has 2 aliphatic heterocycles. The monoisotopic (exact) mass is 481 g/mol. The minimum Gasteiger partial charge on any atom is -0.480 e. The molecule has 1 aromatic carbocycles. The van der Waals surface area contributed by atoms with E-state index in [2.05, 4.69) is 19.2 Å². The zero-order valence-electron chi connectivity index (χ0n) is 21.0. The number of aliphatic carboxylic acids is 1. The summed E-state index contributed by atoms with van der Waals surface area (Å²) in [4.78, 5) is 37.2. The SMILES string of the molecule is CC1CCCC(C)C2CC12.O=C(O)Cn1c(=O)n(C2CC3CCCC(C2)N3)c(=O)c2ccccc21. The number of para-hydroxylation sites is 1. The van der Waals surface area contributed by atoms with Gasteiger partial charge in [-0.15, -0.1) is 0 Å². The van der Waals surface area contributed by atoms with E-state index in [-0.39, 0.29) is 11.6 Å². The highest BCUT2D eigenvalue weighted by Crippen LogP contribution is 2.53. The Hall–Kier alpha value is -2.41. The number of carboxylic acids is 1. The van der Waals surface area contributed by atoms with E-state index < -0.39 is 18.2 Å². The Bertz CT molecular complexity index is 1170. The number of nitrogens with zero attached hydrogens (tertiary/aromatic N) is 2. The first-order chi connectivity index (χ1) is 16.8. The summed E-state index contributed by atoms with van der Waals surface area (Å²) in [5.41, 5.74) is -0.450. The van der Waals surface area contributed by atoms with Crippen LogP contribution in [-0.2, 0) is 11.3 Å². The van der Waals surface area contributed by atoms with Crippen LogP contribution < -0.4 is 16.6 Å². The van der Waals surface area contributed by atoms with Crippen molar-refractivity contribution in [2.24, 2.45) is 23.7 Å². The molecule has 0 radical (unpaired) electrons. The normalized spacial score (nSPS) is 33.7. The predicted octanol–water partition coefficient (Wildman–Crippen LogP) is 4.17. The number of carbonyl (C=O) groups is 1. The van der Waals surface area contributed by atoms with Crippen LogP contribution in [0.15, 0.2) is 33.9 Å². The van der Waals surface area contributed by atoms with Gasteiger partial charge in [0.1, 0.15) is 6.54 Å². The van der Waals surface area contributed by atoms with Gasteiger partial charge in [-0.05, 0) is 67.9 Å². The van der Waals surface area contributed by atoms with Gasteiger partial charge in [0.2, 0.25) is 0 Å². The number of benzene rings is 1. The minimum atomic E-state index is -1.10. The number of rotatable bonds is 3. The maximum absolute atomic E-state index is 13.0. The van der Waals surface area contributed by atoms with Crippen LogP contribution in [0.1, 0.15) is 77.7 Å². The Morgan fingerprint density at radius 2 is 1.54 bits per heavy atom. The zero-order valence-corrected chi connectivity index (χ0v) is 21.0. The molecule has 2 aliphatic carbocycles. The predicted molar refractivity (Wildman–Crippen MR) is 137 cm³/mol. The van der Waals surface area contributed by atoms with Crippen molar-refractivity contribution < 1.29 is 9.90 Å². The van der Waals surface area contributed by atoms with Crippen LogP contribution >= 0.6 is 0 Å². The number of hydrogen-bond acceptors (Lipinski definition) is 4. The molecule has 6 unspecified atom stereocenters. The zero-order chi connectivity index (χ0) is 24.7. The molecule has 6 rings (SSSR count). The van der Waals surface area contributed by atoms with Crippen molar-refractivity contribution in [2.75, 3.05) is 0 Å². The maximum Gasteiger partial charge on any atom is 0.332 e. The third-order valence-electron chi connectivity index (χ3n) is 9.10. The lowest BCUT2D eigenvalue weighted by molar-refractivity contribution is -0.137. The van der Waals surface area contributed by atoms with E-state index in [9.17, 15) is 19.5 Å². The van der Waals surface area contributed by atoms with Crippen molar-refractivity contribution in [1.29, 1.82) is 0 Å². The lowest BCUT2D eigenvalue weighted by atomic mass is 9.84. The number of hydrogen-bond donors (Lipinski definition) is 2. The van der Waals surface area contributed by atoms with Crippen molar-refractivity contribution in [3.05, 3.63) is 45.1 Å². The molecule has 35 heavy (non-hydrogen) atoms. The number of piperidine rings is 2. The molecule has 0 spiro atoms. The molecular weight excluding hydrogens is 442 g/mol. The molecule has 6 atom stereocenters. The van der Waals surface area contributed by atoms with Gasteiger partial charge in [-0.3, -0.25) is 18.7 Å². The first kappa shape index (κ1) is 24.3. The van der Waals surface area contributed by atoms with E-state index in [4.69, 9.17) is 0 Å². The lowest BCUT2D eigenvalue weighted by Gasteiger charge is -2.40. The summed E-state index contributed by atoms with van der Waals surface area (Å²) in [6.45, 7) is 4.45. The fourth-order valence-electron chi connectivity index (χ4n) is 7.13. The highest BCUT2D eigenvalue weighted by molar-refractivity contribution is 5.79. The maximum atomic E-state index is 13.0. The summed E-state index contributed by atoms with van der Waals surface area (Å²) in [6, 6.07) is 7.20. The van der Waals surface area contributed by atoms with E-state index in [0.29, 0.717) is 23.0 Å². The summed E-state index contributed by atoms with van der Waals surface area (Å²) in [7, 11) is 0. The summed E-state index contributed by atoms with van der Waals surface area (Å²) < 4.78 is 2.51. The Morgan fingerprint density at radius 1 is 0.943 bits per heavy atom. The van der Waals surface area contributed by atoms with Gasteiger partial charge < -0.3 is 10.4 Å². The molecule has 2 bridgehead atoms. The standard InChI is InChI=1S/C18H21N3O4.C10H18/c22-16(23)10-20-15-7-2-1-6-14(15)17(24)21(18(20)25)13-8-11-4-3-5-12(9-13)19-11;1-7-4-3-5-8(2)10-6-9(7)10/h1-2,6-7,11-13,19H,3-5,8-10H2,(H,22,23);7-10H,3-6H2,1-2H3. The van der Waals surface area contributed by atoms with Gasteiger partial charge in [0.15, 0.2) is 0 Å². The number of carboxylic acid groups (broad SMARTS) is 1. The smallest absolute Gasteiger partial charge is 0.332 e. The molecule has 0 amide bonds. The van der Waals surface area contributed by atoms with E-state index >= 15 is 0 Å². The summed E-state index contributed by atoms with van der Waals surface area (Å²) in [6.07, 6.45) is 10.8. The molecule has 2 N–H and O–H groups in total. The second-order valence-corrected chi connectivity index (χ2v) is 11.5. The Kier molecular flexibility index (Phi) is 6.88. The topological polar surface area (TPSA) is 93.3 Å². The largest absolute Gasteiger partial charge is 0.480 e. The van der Waals surface area contributed by atoms with Gasteiger partial charge in [0, 0.05) is 18.1 Å². The van der Waals surface area contributed by atoms with Crippen LogP contribution in [0.2, 0.25) is 0 Å². The molecule has 7 nitrogen and oxygen atoms in total. The van der Waals surface area contributed by atoms with Crippen molar-refractivity contribution >= 4 is 16.9 Å². The van der Waals surface area contributed by atoms with Crippen LogP contribution in [0.5, 0.6) is 0 Å². The fraction of sp³-hybridized carbons (Fsp3) is 0.679. The first-order valence-electron chi connectivity index (χ1n) is 13.6. The van der Waals surface area contributed by atoms with E-state index in [1.807, 2.05) is 0 Å². The number of fused-ring (bicyclic) bond motifs is 4. The molecular formula is C28H39N3O4. The molecule has 4 aliphatic rings. The van der Waals surface area contributed by atoms with Gasteiger partial charge in [-0.25, -0.2) is 4.79 Å². The number of aromatic nitrogens is 2. The van der Waals surface area contributed by atoms with E-state index in [1.165, 1.54) is 34.8 Å². The third-order valence-corrected chi connectivity index (χ3v) is 9.10. The van der Waals surface area contributed by atoms with Crippen molar-refractivity contribution in [3.63, 3.8) is 0 Å². The van der Waals surface area contributed by atoms with Crippen LogP contribution in [0, 0.1) is 23.7 Å². The second-order valence-electron chi connectivity index (χ2n) is 11.5. The van der Waals surface area contributed by atoms with Crippen LogP contribution in [-0.4, -0.2) is 32.3 Å². The third kappa shape index (κ3) is 4.97. The molecule has 2 saturated carbocycles. The van der Waals surface area contributed by atoms with Crippen molar-refractivity contribution in [3.8, 4) is 0 Å². The molecule has 1 aromatic heterocycles. The summed E-state index contributed by atoms with van der Waals surface area (Å²) in [5, 5.41) is 13.1. The van der Waals surface area contributed by atoms with Gasteiger partial charge >= 0.3 is 11.7 Å². The minimum absolute atomic E-state index is 0.179. The Labute approximate surface area is 206 Å². The van der Waals surface area contributed by atoms with Crippen molar-refractivity contribution in [1.82, 2.24) is 14.5 Å². The van der Waals surface area contributed by atoms with Gasteiger partial charge in [-0.1, -0.05) is 51.7 Å². The highest BCUT2D eigenvalue weighted by atomic mass is 16.4. The Balaban J connectivity index is 0.000000211. The average Bonchev–Trinajstić information content (AvgIpc) is 3.64. The second kappa shape index (κ2) is 9.92. The molecule has 7 heteroatoms. The van der Waals surface area contributed by atoms with Gasteiger partial charge in [0.05, 0.1) is 10.9 Å². The van der Waals surface area contributed by atoms with Crippen LogP contribution in [0.3, 0.4) is 0 Å². The summed E-state index contributed by atoms with van der Waals surface area (Å²) in [5.74, 6) is 3.28. The Morgan fingerprint density at radius 3 is 2.17 bits per heavy atom. The van der Waals surface area contributed by atoms with Crippen LogP contribution in [0.25, 0.3) is 10.9 Å². The van der Waals surface area contributed by atoms with Gasteiger partial charge in [-0.2, -0.15) is 0 Å². The number of nitrogens with one attached hydrogen (secondary N) is 1. The molecule has 4 fully saturated rings. The highest BCUT2D eigenvalue weighted by Gasteiger charge is 2.45. The average molecular weight is 482 g/mol. The lowest BCUT2D eigenvalue weighted by Crippen LogP contribution is -2.53. The molecule has 3 heterocycles. The van der Waals surface area contributed by atoms with Crippen LogP contribution in [0.4, 0.5) is 0 Å². The molecule has 2 aromatic rings. The quantitative estimate of drug-likeness (QED) is 0.686. The van der Waals surface area contributed by atoms with E-state index in [1.54, 1.807) is 30.7 Å². The van der Waals surface area contributed by atoms with Crippen molar-refractivity contribution in [2.45, 2.75) is 96.3 Å². The molecule has 2 saturated heterocycles.